The Morgan fingerprint density at radius 3 is 2.79 bits per heavy atom. The number of ether oxygens (including phenoxy) is 1. The first kappa shape index (κ1) is 16.2. The Kier molecular flexibility index (Phi) is 4.64. The van der Waals surface area contributed by atoms with Crippen LogP contribution in [-0.2, 0) is 11.3 Å². The zero-order valence-corrected chi connectivity index (χ0v) is 14.3. The molecule has 3 rings (SSSR count). The van der Waals surface area contributed by atoms with Gasteiger partial charge in [-0.1, -0.05) is 13.8 Å². The first-order chi connectivity index (χ1) is 11.7. The third-order valence-corrected chi connectivity index (χ3v) is 3.89. The molecule has 0 fully saturated rings. The number of hydrogen-bond acceptors (Lipinski definition) is 4. The van der Waals surface area contributed by atoms with E-state index in [-0.39, 0.29) is 5.91 Å². The van der Waals surface area contributed by atoms with Crippen LogP contribution in [0.2, 0.25) is 0 Å². The Hall–Kier alpha value is -2.63. The van der Waals surface area contributed by atoms with E-state index in [1.807, 2.05) is 35.9 Å². The van der Waals surface area contributed by atoms with Crippen molar-refractivity contribution in [2.24, 2.45) is 0 Å². The van der Waals surface area contributed by atoms with E-state index in [0.717, 1.165) is 47.1 Å². The smallest absolute Gasteiger partial charge is 0.225 e. The largest absolute Gasteiger partial charge is 0.497 e. The van der Waals surface area contributed by atoms with E-state index in [1.54, 1.807) is 7.11 Å². The molecule has 1 aromatic carbocycles. The monoisotopic (exact) mass is 326 g/mol. The van der Waals surface area contributed by atoms with Gasteiger partial charge in [-0.15, -0.1) is 0 Å². The number of pyridine rings is 1. The number of benzene rings is 1. The first-order valence-electron chi connectivity index (χ1n) is 8.31. The van der Waals surface area contributed by atoms with E-state index in [1.165, 1.54) is 0 Å². The van der Waals surface area contributed by atoms with Crippen LogP contribution in [0, 0.1) is 0 Å². The van der Waals surface area contributed by atoms with Crippen LogP contribution in [0.3, 0.4) is 0 Å². The van der Waals surface area contributed by atoms with Crippen LogP contribution in [0.4, 0.5) is 5.82 Å². The highest BCUT2D eigenvalue weighted by Crippen LogP contribution is 2.28. The van der Waals surface area contributed by atoms with E-state index >= 15 is 0 Å². The topological polar surface area (TPSA) is 69.0 Å². The molecule has 126 valence electrons. The number of carbonyl (C=O) groups is 1. The lowest BCUT2D eigenvalue weighted by Crippen LogP contribution is -2.11. The molecule has 0 atom stereocenters. The number of nitrogens with one attached hydrogen (secondary N) is 1. The molecule has 3 aromatic rings. The normalized spacial score (nSPS) is 11.1. The fourth-order valence-electron chi connectivity index (χ4n) is 2.75. The molecule has 6 nitrogen and oxygen atoms in total. The molecule has 0 bridgehead atoms. The molecule has 0 aliphatic rings. The average molecular weight is 326 g/mol. The molecule has 0 unspecified atom stereocenters. The Morgan fingerprint density at radius 1 is 1.25 bits per heavy atom. The molecule has 1 amide bonds. The number of anilines is 1. The number of methoxy groups -OCH3 is 1. The maximum absolute atomic E-state index is 12.0. The summed E-state index contributed by atoms with van der Waals surface area (Å²) in [5.74, 6) is 1.33. The molecule has 1 N–H and O–H groups in total. The molecule has 0 saturated carbocycles. The summed E-state index contributed by atoms with van der Waals surface area (Å²) in [5, 5.41) is 9.29. The summed E-state index contributed by atoms with van der Waals surface area (Å²) in [5.41, 5.74) is 1.67. The number of amides is 1. The Bertz CT molecular complexity index is 885. The molecule has 6 heteroatoms. The Balaban J connectivity index is 2.15. The molecule has 0 spiro atoms. The highest BCUT2D eigenvalue weighted by atomic mass is 16.5. The summed E-state index contributed by atoms with van der Waals surface area (Å²) in [7, 11) is 1.64. The molecule has 0 radical (unpaired) electrons. The number of fused-ring (bicyclic) bond motifs is 2. The van der Waals surface area contributed by atoms with Crippen molar-refractivity contribution in [3.63, 3.8) is 0 Å². The summed E-state index contributed by atoms with van der Waals surface area (Å²) in [6, 6.07) is 7.79. The van der Waals surface area contributed by atoms with Crippen molar-refractivity contribution in [1.82, 2.24) is 14.8 Å². The van der Waals surface area contributed by atoms with Crippen LogP contribution in [0.1, 0.15) is 33.1 Å². The summed E-state index contributed by atoms with van der Waals surface area (Å²) in [6.45, 7) is 4.83. The second-order valence-electron chi connectivity index (χ2n) is 5.79. The number of nitrogens with zero attached hydrogens (tertiary/aromatic N) is 3. The molecule has 24 heavy (non-hydrogen) atoms. The first-order valence-corrected chi connectivity index (χ1v) is 8.31. The minimum Gasteiger partial charge on any atom is -0.497 e. The van der Waals surface area contributed by atoms with Crippen molar-refractivity contribution in [2.75, 3.05) is 12.4 Å². The van der Waals surface area contributed by atoms with Gasteiger partial charge in [0.15, 0.2) is 11.5 Å². The third-order valence-electron chi connectivity index (χ3n) is 3.89. The highest BCUT2D eigenvalue weighted by Gasteiger charge is 2.15. The summed E-state index contributed by atoms with van der Waals surface area (Å²) in [6.07, 6.45) is 2.23. The van der Waals surface area contributed by atoms with E-state index in [2.05, 4.69) is 17.3 Å². The van der Waals surface area contributed by atoms with E-state index < -0.39 is 0 Å². The van der Waals surface area contributed by atoms with Crippen molar-refractivity contribution < 1.29 is 9.53 Å². The molecular weight excluding hydrogens is 304 g/mol. The van der Waals surface area contributed by atoms with Gasteiger partial charge >= 0.3 is 0 Å². The van der Waals surface area contributed by atoms with Crippen LogP contribution in [0.15, 0.2) is 24.3 Å². The van der Waals surface area contributed by atoms with E-state index in [9.17, 15) is 4.79 Å². The molecule has 0 aliphatic carbocycles. The van der Waals surface area contributed by atoms with Crippen molar-refractivity contribution >= 4 is 33.7 Å². The van der Waals surface area contributed by atoms with Gasteiger partial charge < -0.3 is 10.1 Å². The summed E-state index contributed by atoms with van der Waals surface area (Å²) < 4.78 is 7.15. The number of aryl methyl sites for hydroxylation is 1. The minimum atomic E-state index is -0.0220. The Labute approximate surface area is 140 Å². The maximum atomic E-state index is 12.0. The van der Waals surface area contributed by atoms with E-state index in [0.29, 0.717) is 12.2 Å². The van der Waals surface area contributed by atoms with Gasteiger partial charge in [-0.2, -0.15) is 5.10 Å². The lowest BCUT2D eigenvalue weighted by molar-refractivity contribution is -0.116. The predicted molar refractivity (Wildman–Crippen MR) is 95.4 cm³/mol. The maximum Gasteiger partial charge on any atom is 0.225 e. The predicted octanol–water partition coefficient (Wildman–Crippen LogP) is 3.74. The molecular formula is C18H22N4O2. The van der Waals surface area contributed by atoms with Crippen molar-refractivity contribution in [3.8, 4) is 5.75 Å². The van der Waals surface area contributed by atoms with Crippen LogP contribution in [0.25, 0.3) is 21.9 Å². The number of carbonyl (C=O) groups excluding carboxylic acids is 1. The lowest BCUT2D eigenvalue weighted by atomic mass is 10.1. The van der Waals surface area contributed by atoms with Crippen LogP contribution < -0.4 is 10.1 Å². The Morgan fingerprint density at radius 2 is 2.08 bits per heavy atom. The van der Waals surface area contributed by atoms with E-state index in [4.69, 9.17) is 9.72 Å². The van der Waals surface area contributed by atoms with Gasteiger partial charge in [-0.3, -0.25) is 4.79 Å². The van der Waals surface area contributed by atoms with Gasteiger partial charge in [0.2, 0.25) is 5.91 Å². The zero-order chi connectivity index (χ0) is 17.1. The number of aromatic nitrogens is 3. The third kappa shape index (κ3) is 3.04. The van der Waals surface area contributed by atoms with Gasteiger partial charge in [-0.05, 0) is 37.1 Å². The van der Waals surface area contributed by atoms with Crippen LogP contribution in [0.5, 0.6) is 5.75 Å². The zero-order valence-electron chi connectivity index (χ0n) is 14.3. The van der Waals surface area contributed by atoms with Crippen molar-refractivity contribution in [1.29, 1.82) is 0 Å². The minimum absolute atomic E-state index is 0.0220. The molecule has 2 aromatic heterocycles. The van der Waals surface area contributed by atoms with Gasteiger partial charge in [0, 0.05) is 18.4 Å². The van der Waals surface area contributed by atoms with Gasteiger partial charge in [0.25, 0.3) is 0 Å². The second-order valence-corrected chi connectivity index (χ2v) is 5.79. The second kappa shape index (κ2) is 6.86. The highest BCUT2D eigenvalue weighted by molar-refractivity contribution is 6.02. The van der Waals surface area contributed by atoms with Gasteiger partial charge in [-0.25, -0.2) is 9.67 Å². The lowest BCUT2D eigenvalue weighted by Gasteiger charge is -2.04. The van der Waals surface area contributed by atoms with Crippen molar-refractivity contribution in [3.05, 3.63) is 24.3 Å². The molecule has 0 aliphatic heterocycles. The molecule has 2 heterocycles. The van der Waals surface area contributed by atoms with Crippen LogP contribution in [-0.4, -0.2) is 27.8 Å². The molecule has 0 saturated heterocycles. The number of hydrogen-bond donors (Lipinski definition) is 1. The average Bonchev–Trinajstić information content (AvgIpc) is 2.90. The quantitative estimate of drug-likeness (QED) is 0.749. The number of rotatable bonds is 6. The summed E-state index contributed by atoms with van der Waals surface area (Å²) in [4.78, 5) is 16.7. The fourth-order valence-corrected chi connectivity index (χ4v) is 2.75. The SMILES string of the molecule is CCCC(=O)Nc1nn(CCC)c2nc3ccc(OC)cc3cc12. The van der Waals surface area contributed by atoms with Gasteiger partial charge in [0.05, 0.1) is 18.0 Å². The standard InChI is InChI=1S/C18H22N4O2/c1-4-6-16(23)20-17-14-11-12-10-13(24-3)7-8-15(12)19-18(14)22(21-17)9-5-2/h7-8,10-11H,4-6,9H2,1-3H3,(H,20,21,23). The van der Waals surface area contributed by atoms with Gasteiger partial charge in [0.1, 0.15) is 5.75 Å². The van der Waals surface area contributed by atoms with Crippen LogP contribution >= 0.6 is 0 Å². The van der Waals surface area contributed by atoms with Crippen molar-refractivity contribution in [2.45, 2.75) is 39.7 Å². The summed E-state index contributed by atoms with van der Waals surface area (Å²) >= 11 is 0. The fraction of sp³-hybridized carbons (Fsp3) is 0.389.